The third kappa shape index (κ3) is 7.05. The molecule has 0 bridgehead atoms. The van der Waals surface area contributed by atoms with Crippen molar-refractivity contribution in [3.63, 3.8) is 0 Å². The van der Waals surface area contributed by atoms with Crippen molar-refractivity contribution >= 4 is 23.2 Å². The quantitative estimate of drug-likeness (QED) is 0.513. The zero-order valence-electron chi connectivity index (χ0n) is 24.9. The number of carbonyl (C=O) groups is 2. The van der Waals surface area contributed by atoms with Crippen LogP contribution in [-0.4, -0.2) is 81.6 Å². The van der Waals surface area contributed by atoms with Crippen LogP contribution in [0.15, 0.2) is 41.4 Å². The number of benzene rings is 2. The summed E-state index contributed by atoms with van der Waals surface area (Å²) in [6, 6.07) is 13.2. The molecular weight excluding hydrogens is 516 g/mol. The van der Waals surface area contributed by atoms with Gasteiger partial charge in [-0.3, -0.25) is 14.5 Å². The first-order valence-electron chi connectivity index (χ1n) is 15.0. The second kappa shape index (κ2) is 13.3. The van der Waals surface area contributed by atoms with E-state index in [9.17, 15) is 9.59 Å². The van der Waals surface area contributed by atoms with Crippen LogP contribution in [-0.2, 0) is 20.8 Å². The van der Waals surface area contributed by atoms with Gasteiger partial charge in [0.05, 0.1) is 19.1 Å². The van der Waals surface area contributed by atoms with Crippen molar-refractivity contribution < 1.29 is 19.1 Å². The minimum absolute atomic E-state index is 0.135. The van der Waals surface area contributed by atoms with E-state index in [2.05, 4.69) is 64.4 Å². The summed E-state index contributed by atoms with van der Waals surface area (Å²) in [5.41, 5.74) is 6.86. The Kier molecular flexibility index (Phi) is 9.53. The predicted octanol–water partition coefficient (Wildman–Crippen LogP) is 4.48. The van der Waals surface area contributed by atoms with E-state index in [-0.39, 0.29) is 23.7 Å². The molecule has 3 heterocycles. The summed E-state index contributed by atoms with van der Waals surface area (Å²) in [6.07, 6.45) is 2.70. The number of anilines is 1. The zero-order valence-corrected chi connectivity index (χ0v) is 24.9. The molecule has 1 N–H and O–H groups in total. The van der Waals surface area contributed by atoms with E-state index in [0.717, 1.165) is 93.4 Å². The summed E-state index contributed by atoms with van der Waals surface area (Å²) in [4.78, 5) is 35.2. The van der Waals surface area contributed by atoms with Crippen molar-refractivity contribution in [2.75, 3.05) is 58.0 Å². The molecule has 2 fully saturated rings. The van der Waals surface area contributed by atoms with E-state index >= 15 is 0 Å². The number of morpholine rings is 1. The summed E-state index contributed by atoms with van der Waals surface area (Å²) in [5, 5.41) is 3.08. The van der Waals surface area contributed by atoms with Gasteiger partial charge in [-0.2, -0.15) is 0 Å². The van der Waals surface area contributed by atoms with Crippen molar-refractivity contribution in [3.05, 3.63) is 53.1 Å². The largest absolute Gasteiger partial charge is 0.381 e. The molecule has 0 radical (unpaired) electrons. The van der Waals surface area contributed by atoms with Gasteiger partial charge in [0.2, 0.25) is 0 Å². The fourth-order valence-electron chi connectivity index (χ4n) is 6.31. The van der Waals surface area contributed by atoms with Gasteiger partial charge in [-0.05, 0) is 73.4 Å². The van der Waals surface area contributed by atoms with E-state index in [1.807, 2.05) is 19.9 Å². The number of hydrogen-bond donors (Lipinski definition) is 1. The Morgan fingerprint density at radius 1 is 1.02 bits per heavy atom. The number of ether oxygens (including phenoxy) is 2. The van der Waals surface area contributed by atoms with Gasteiger partial charge < -0.3 is 19.7 Å². The molecule has 0 aliphatic carbocycles. The zero-order chi connectivity index (χ0) is 28.9. The van der Waals surface area contributed by atoms with Crippen molar-refractivity contribution in [1.82, 2.24) is 10.2 Å². The smallest absolute Gasteiger partial charge is 0.251 e. The van der Waals surface area contributed by atoms with Crippen LogP contribution >= 0.6 is 0 Å². The van der Waals surface area contributed by atoms with Crippen LogP contribution in [0.2, 0.25) is 0 Å². The highest BCUT2D eigenvalue weighted by molar-refractivity contribution is 6.00. The molecule has 5 rings (SSSR count). The monoisotopic (exact) mass is 560 g/mol. The molecular formula is C33H44N4O4. The SMILES string of the molecule is CC1=NC(=O)C(CNC(=O)c2cc(-c3ccc(CN4CCOCC4)cc3)cc(N(C)C3CCOCC3)c2C)C(C)C1. The van der Waals surface area contributed by atoms with Gasteiger partial charge in [-0.25, -0.2) is 4.99 Å². The molecule has 3 aliphatic rings. The van der Waals surface area contributed by atoms with Gasteiger partial charge in [0.1, 0.15) is 0 Å². The molecule has 2 amide bonds. The van der Waals surface area contributed by atoms with E-state index in [1.54, 1.807) is 0 Å². The average molecular weight is 561 g/mol. The van der Waals surface area contributed by atoms with Crippen LogP contribution in [0.3, 0.4) is 0 Å². The molecule has 0 aromatic heterocycles. The molecule has 2 unspecified atom stereocenters. The van der Waals surface area contributed by atoms with Crippen LogP contribution in [0.1, 0.15) is 54.6 Å². The molecule has 8 heteroatoms. The van der Waals surface area contributed by atoms with Gasteiger partial charge in [0.25, 0.3) is 11.8 Å². The molecule has 3 aliphatic heterocycles. The lowest BCUT2D eigenvalue weighted by molar-refractivity contribution is -0.123. The number of aliphatic imine (C=N–C) groups is 1. The normalized spacial score (nSPS) is 22.3. The first-order chi connectivity index (χ1) is 19.8. The number of nitrogens with zero attached hydrogens (tertiary/aromatic N) is 3. The highest BCUT2D eigenvalue weighted by Crippen LogP contribution is 2.33. The first kappa shape index (κ1) is 29.4. The minimum Gasteiger partial charge on any atom is -0.381 e. The Hall–Kier alpha value is -3.07. The Balaban J connectivity index is 1.41. The number of amides is 2. The summed E-state index contributed by atoms with van der Waals surface area (Å²) in [5.74, 6) is -0.432. The van der Waals surface area contributed by atoms with Gasteiger partial charge in [0, 0.05) is 69.4 Å². The summed E-state index contributed by atoms with van der Waals surface area (Å²) < 4.78 is 11.1. The molecule has 2 atom stereocenters. The Morgan fingerprint density at radius 2 is 1.71 bits per heavy atom. The van der Waals surface area contributed by atoms with Gasteiger partial charge in [-0.1, -0.05) is 31.2 Å². The Morgan fingerprint density at radius 3 is 2.39 bits per heavy atom. The van der Waals surface area contributed by atoms with Crippen molar-refractivity contribution in [2.24, 2.45) is 16.8 Å². The fraction of sp³-hybridized carbons (Fsp3) is 0.545. The van der Waals surface area contributed by atoms with Gasteiger partial charge in [0.15, 0.2) is 0 Å². The van der Waals surface area contributed by atoms with Crippen LogP contribution in [0.25, 0.3) is 11.1 Å². The molecule has 220 valence electrons. The predicted molar refractivity (Wildman–Crippen MR) is 163 cm³/mol. The van der Waals surface area contributed by atoms with E-state index in [4.69, 9.17) is 9.47 Å². The Bertz CT molecular complexity index is 1260. The van der Waals surface area contributed by atoms with Crippen LogP contribution in [0, 0.1) is 18.8 Å². The van der Waals surface area contributed by atoms with Gasteiger partial charge >= 0.3 is 0 Å². The van der Waals surface area contributed by atoms with Crippen molar-refractivity contribution in [1.29, 1.82) is 0 Å². The topological polar surface area (TPSA) is 83.5 Å². The van der Waals surface area contributed by atoms with Crippen LogP contribution in [0.4, 0.5) is 5.69 Å². The second-order valence-electron chi connectivity index (χ2n) is 11.9. The highest BCUT2D eigenvalue weighted by Gasteiger charge is 2.30. The summed E-state index contributed by atoms with van der Waals surface area (Å²) >= 11 is 0. The molecule has 2 aromatic carbocycles. The Labute approximate surface area is 244 Å². The third-order valence-corrected chi connectivity index (χ3v) is 8.95. The first-order valence-corrected chi connectivity index (χ1v) is 15.0. The maximum atomic E-state index is 13.7. The number of hydrogen-bond acceptors (Lipinski definition) is 6. The minimum atomic E-state index is -0.297. The van der Waals surface area contributed by atoms with E-state index < -0.39 is 0 Å². The number of rotatable bonds is 8. The van der Waals surface area contributed by atoms with E-state index in [1.165, 1.54) is 5.56 Å². The molecule has 8 nitrogen and oxygen atoms in total. The van der Waals surface area contributed by atoms with Crippen molar-refractivity contribution in [3.8, 4) is 11.1 Å². The summed E-state index contributed by atoms with van der Waals surface area (Å²) in [6.45, 7) is 12.2. The average Bonchev–Trinajstić information content (AvgIpc) is 2.97. The lowest BCUT2D eigenvalue weighted by Gasteiger charge is -2.34. The standard InChI is InChI=1S/C33H44N4O4/c1-22-17-23(2)35-33(39)30(22)20-34-32(38)29-18-27(19-31(24(29)3)36(4)28-9-13-40-14-10-28)26-7-5-25(6-8-26)21-37-11-15-41-16-12-37/h5-8,18-19,22,28,30H,9-17,20-21H2,1-4H3,(H,34,38). The fourth-order valence-corrected chi connectivity index (χ4v) is 6.31. The molecule has 0 spiro atoms. The molecule has 0 saturated carbocycles. The van der Waals surface area contributed by atoms with Crippen molar-refractivity contribution in [2.45, 2.75) is 52.6 Å². The maximum absolute atomic E-state index is 13.7. The van der Waals surface area contributed by atoms with E-state index in [0.29, 0.717) is 18.2 Å². The maximum Gasteiger partial charge on any atom is 0.251 e. The van der Waals surface area contributed by atoms with Crippen LogP contribution < -0.4 is 10.2 Å². The highest BCUT2D eigenvalue weighted by atomic mass is 16.5. The number of nitrogens with one attached hydrogen (secondary N) is 1. The summed E-state index contributed by atoms with van der Waals surface area (Å²) in [7, 11) is 2.12. The molecule has 2 saturated heterocycles. The lowest BCUT2D eigenvalue weighted by Crippen LogP contribution is -2.39. The van der Waals surface area contributed by atoms with Crippen LogP contribution in [0.5, 0.6) is 0 Å². The second-order valence-corrected chi connectivity index (χ2v) is 11.9. The third-order valence-electron chi connectivity index (χ3n) is 8.95. The lowest BCUT2D eigenvalue weighted by atomic mass is 9.86. The molecule has 2 aromatic rings. The molecule has 41 heavy (non-hydrogen) atoms. The van der Waals surface area contributed by atoms with Gasteiger partial charge in [-0.15, -0.1) is 0 Å². The number of carbonyl (C=O) groups excluding carboxylic acids is 2.